The normalized spacial score (nSPS) is 41.8. The fraction of sp³-hybridized carbons (Fsp3) is 0.892. The van der Waals surface area contributed by atoms with E-state index in [1.54, 1.807) is 0 Å². The highest BCUT2D eigenvalue weighted by atomic mass is 32.2. The third-order valence-corrected chi connectivity index (χ3v) is 15.3. The lowest BCUT2D eigenvalue weighted by atomic mass is 9.44. The molecule has 6 fully saturated rings. The summed E-state index contributed by atoms with van der Waals surface area (Å²) in [6.45, 7) is 15.3. The summed E-state index contributed by atoms with van der Waals surface area (Å²) >= 11 is 2.23. The number of nitrogens with zero attached hydrogens (tertiary/aromatic N) is 2. The van der Waals surface area contributed by atoms with E-state index >= 15 is 0 Å². The molecule has 4 saturated carbocycles. The molecule has 4 aliphatic carbocycles. The molecule has 242 valence electrons. The Kier molecular flexibility index (Phi) is 9.61. The number of fused-ring (bicyclic) bond motifs is 5. The molecule has 2 aliphatic heterocycles. The number of thioether (sulfide) groups is 1. The Bertz CT molecular complexity index is 1030. The minimum absolute atomic E-state index is 0.183. The van der Waals surface area contributed by atoms with E-state index in [4.69, 9.17) is 13.9 Å². The zero-order valence-corrected chi connectivity index (χ0v) is 28.2. The quantitative estimate of drug-likeness (QED) is 0.224. The maximum Gasteiger partial charge on any atom is 0.102 e. The van der Waals surface area contributed by atoms with Gasteiger partial charge in [0.25, 0.3) is 0 Å². The SMILES string of the molecule is C[C@]12CCC(SCCOCCN3CCCC3)CC1CC[C@@H]1[C@H]2CC[C@@]2(C)[C@H]1CCC2(OCCN1CCCC1)c1ccoc1. The van der Waals surface area contributed by atoms with Crippen molar-refractivity contribution < 1.29 is 13.9 Å². The number of hydrogen-bond acceptors (Lipinski definition) is 6. The zero-order chi connectivity index (χ0) is 29.3. The van der Waals surface area contributed by atoms with E-state index in [2.05, 4.69) is 41.5 Å². The van der Waals surface area contributed by atoms with E-state index < -0.39 is 0 Å². The fourth-order valence-corrected chi connectivity index (χ4v) is 12.8. The van der Waals surface area contributed by atoms with E-state index in [0.29, 0.717) is 5.41 Å². The van der Waals surface area contributed by atoms with Gasteiger partial charge in [-0.25, -0.2) is 0 Å². The van der Waals surface area contributed by atoms with Crippen LogP contribution in [0.25, 0.3) is 0 Å². The Morgan fingerprint density at radius 2 is 1.58 bits per heavy atom. The second kappa shape index (κ2) is 13.3. The van der Waals surface area contributed by atoms with Crippen LogP contribution in [0.3, 0.4) is 0 Å². The van der Waals surface area contributed by atoms with Gasteiger partial charge in [0.1, 0.15) is 5.60 Å². The molecular weight excluding hydrogens is 552 g/mol. The van der Waals surface area contributed by atoms with Gasteiger partial charge in [-0.05, 0) is 145 Å². The standard InChI is InChI=1S/C37H60N2O3S/c1-35-13-9-31(43-26-25-40-23-20-38-16-3-4-17-38)27-29(35)7-8-32-33(35)10-14-36(2)34(32)11-15-37(36,30-12-22-41-28-30)42-24-21-39-18-5-6-19-39/h12,22,28-29,31-34H,3-11,13-21,23-27H2,1-2H3/t29?,31?,32-,33-,34+,35+,36+,37?/m1/s1. The van der Waals surface area contributed by atoms with Gasteiger partial charge in [0.15, 0.2) is 0 Å². The van der Waals surface area contributed by atoms with Crippen LogP contribution in [-0.2, 0) is 15.1 Å². The van der Waals surface area contributed by atoms with Gasteiger partial charge in [0.05, 0.1) is 32.3 Å². The zero-order valence-electron chi connectivity index (χ0n) is 27.4. The van der Waals surface area contributed by atoms with E-state index in [-0.39, 0.29) is 11.0 Å². The lowest BCUT2D eigenvalue weighted by Gasteiger charge is -2.62. The number of ether oxygens (including phenoxy) is 2. The van der Waals surface area contributed by atoms with Crippen LogP contribution in [0.4, 0.5) is 0 Å². The van der Waals surface area contributed by atoms with Crippen LogP contribution in [0, 0.1) is 34.5 Å². The van der Waals surface area contributed by atoms with Gasteiger partial charge in [0.2, 0.25) is 0 Å². The third kappa shape index (κ3) is 5.92. The molecule has 7 rings (SSSR count). The maximum atomic E-state index is 7.17. The summed E-state index contributed by atoms with van der Waals surface area (Å²) in [5.74, 6) is 4.62. The molecule has 2 saturated heterocycles. The van der Waals surface area contributed by atoms with E-state index in [1.807, 2.05) is 12.5 Å². The summed E-state index contributed by atoms with van der Waals surface area (Å²) in [5.41, 5.74) is 1.87. The largest absolute Gasteiger partial charge is 0.472 e. The van der Waals surface area contributed by atoms with Crippen LogP contribution in [0.15, 0.2) is 23.0 Å². The Balaban J connectivity index is 0.955. The number of likely N-dealkylation sites (tertiary alicyclic amines) is 2. The summed E-state index contributed by atoms with van der Waals surface area (Å²) < 4.78 is 18.9. The minimum atomic E-state index is -0.183. The molecule has 5 nitrogen and oxygen atoms in total. The highest BCUT2D eigenvalue weighted by Gasteiger charge is 2.66. The van der Waals surface area contributed by atoms with Crippen LogP contribution in [-0.4, -0.2) is 79.9 Å². The molecule has 0 amide bonds. The van der Waals surface area contributed by atoms with Crippen molar-refractivity contribution in [2.24, 2.45) is 34.5 Å². The Morgan fingerprint density at radius 1 is 0.837 bits per heavy atom. The second-order valence-corrected chi connectivity index (χ2v) is 17.2. The van der Waals surface area contributed by atoms with Crippen LogP contribution in [0.1, 0.15) is 103 Å². The molecule has 0 N–H and O–H groups in total. The Morgan fingerprint density at radius 3 is 2.33 bits per heavy atom. The van der Waals surface area contributed by atoms with Gasteiger partial charge in [-0.1, -0.05) is 13.8 Å². The topological polar surface area (TPSA) is 38.1 Å². The first-order valence-electron chi connectivity index (χ1n) is 18.3. The first-order valence-corrected chi connectivity index (χ1v) is 19.4. The smallest absolute Gasteiger partial charge is 0.102 e. The van der Waals surface area contributed by atoms with Crippen LogP contribution in [0.2, 0.25) is 0 Å². The highest BCUT2D eigenvalue weighted by molar-refractivity contribution is 7.99. The predicted molar refractivity (Wildman–Crippen MR) is 176 cm³/mol. The van der Waals surface area contributed by atoms with Crippen molar-refractivity contribution in [1.29, 1.82) is 0 Å². The second-order valence-electron chi connectivity index (χ2n) is 15.8. The van der Waals surface area contributed by atoms with Crippen molar-refractivity contribution in [3.63, 3.8) is 0 Å². The molecule has 1 aromatic rings. The Hall–Kier alpha value is -0.530. The molecule has 8 atom stereocenters. The van der Waals surface area contributed by atoms with Crippen LogP contribution in [0.5, 0.6) is 0 Å². The fourth-order valence-electron chi connectivity index (χ4n) is 11.6. The van der Waals surface area contributed by atoms with E-state index in [0.717, 1.165) is 68.3 Å². The molecule has 6 aliphatic rings. The molecule has 0 bridgehead atoms. The molecule has 0 aromatic carbocycles. The lowest BCUT2D eigenvalue weighted by molar-refractivity contribution is -0.179. The maximum absolute atomic E-state index is 7.17. The van der Waals surface area contributed by atoms with Gasteiger partial charge in [-0.15, -0.1) is 0 Å². The summed E-state index contributed by atoms with van der Waals surface area (Å²) in [4.78, 5) is 5.17. The molecule has 0 spiro atoms. The summed E-state index contributed by atoms with van der Waals surface area (Å²) in [6, 6.07) is 2.23. The van der Waals surface area contributed by atoms with Crippen molar-refractivity contribution in [2.75, 3.05) is 64.8 Å². The highest BCUT2D eigenvalue weighted by Crippen LogP contribution is 2.71. The molecule has 6 heteroatoms. The van der Waals surface area contributed by atoms with Crippen LogP contribution >= 0.6 is 11.8 Å². The van der Waals surface area contributed by atoms with E-state index in [1.165, 1.54) is 115 Å². The van der Waals surface area contributed by atoms with E-state index in [9.17, 15) is 0 Å². The first kappa shape index (κ1) is 31.1. The summed E-state index contributed by atoms with van der Waals surface area (Å²) in [6.07, 6.45) is 21.7. The monoisotopic (exact) mass is 612 g/mol. The van der Waals surface area contributed by atoms with Gasteiger partial charge in [-0.2, -0.15) is 11.8 Å². The van der Waals surface area contributed by atoms with Gasteiger partial charge < -0.3 is 23.7 Å². The van der Waals surface area contributed by atoms with Crippen molar-refractivity contribution in [2.45, 2.75) is 108 Å². The average Bonchev–Trinajstić information content (AvgIpc) is 3.83. The number of hydrogen-bond donors (Lipinski definition) is 0. The molecule has 43 heavy (non-hydrogen) atoms. The number of rotatable bonds is 12. The van der Waals surface area contributed by atoms with Crippen LogP contribution < -0.4 is 0 Å². The third-order valence-electron chi connectivity index (χ3n) is 14.0. The van der Waals surface area contributed by atoms with Crippen molar-refractivity contribution in [1.82, 2.24) is 9.80 Å². The lowest BCUT2D eigenvalue weighted by Crippen LogP contribution is -2.56. The molecule has 3 heterocycles. The van der Waals surface area contributed by atoms with Crippen molar-refractivity contribution >= 4 is 11.8 Å². The van der Waals surface area contributed by atoms with Gasteiger partial charge >= 0.3 is 0 Å². The summed E-state index contributed by atoms with van der Waals surface area (Å²) in [7, 11) is 0. The molecule has 0 radical (unpaired) electrons. The van der Waals surface area contributed by atoms with Gasteiger partial charge in [-0.3, -0.25) is 0 Å². The molecule has 1 aromatic heterocycles. The van der Waals surface area contributed by atoms with Gasteiger partial charge in [0, 0.05) is 35.1 Å². The number of furan rings is 1. The minimum Gasteiger partial charge on any atom is -0.472 e. The Labute approximate surface area is 266 Å². The molecular formula is C37H60N2O3S. The molecule has 3 unspecified atom stereocenters. The predicted octanol–water partition coefficient (Wildman–Crippen LogP) is 7.84. The van der Waals surface area contributed by atoms with Crippen molar-refractivity contribution in [3.8, 4) is 0 Å². The summed E-state index contributed by atoms with van der Waals surface area (Å²) in [5, 5.41) is 0.842. The average molecular weight is 613 g/mol. The first-order chi connectivity index (χ1) is 21.0. The van der Waals surface area contributed by atoms with Crippen molar-refractivity contribution in [3.05, 3.63) is 24.2 Å².